The Balaban J connectivity index is 1.99. The molecule has 1 aromatic rings. The number of nitrogens with zero attached hydrogens (tertiary/aromatic N) is 1. The Bertz CT molecular complexity index is 605. The number of aryl methyl sites for hydroxylation is 1. The Morgan fingerprint density at radius 2 is 1.90 bits per heavy atom. The van der Waals surface area contributed by atoms with Crippen molar-refractivity contribution in [2.24, 2.45) is 5.10 Å². The molecule has 21 heavy (non-hydrogen) atoms. The van der Waals surface area contributed by atoms with Gasteiger partial charge in [-0.1, -0.05) is 29.8 Å². The number of hydrogen-bond donors (Lipinski definition) is 1. The van der Waals surface area contributed by atoms with E-state index < -0.39 is 12.1 Å². The second kappa shape index (κ2) is 6.30. The lowest BCUT2D eigenvalue weighted by Gasteiger charge is -2.15. The average molecular weight is 288 g/mol. The fraction of sp³-hybridized carbons (Fsp3) is 0.333. The Labute approximate surface area is 122 Å². The zero-order chi connectivity index (χ0) is 15.4. The van der Waals surface area contributed by atoms with Gasteiger partial charge in [0, 0.05) is 18.4 Å². The maximum Gasteiger partial charge on any atom is 0.355 e. The number of nitrogens with one attached hydrogen (secondary N) is 1. The van der Waals surface area contributed by atoms with E-state index in [0.29, 0.717) is 5.56 Å². The number of hydrazone groups is 1. The molecule has 0 saturated carbocycles. The van der Waals surface area contributed by atoms with Crippen molar-refractivity contribution in [3.63, 3.8) is 0 Å². The van der Waals surface area contributed by atoms with Gasteiger partial charge in [-0.05, 0) is 13.8 Å². The van der Waals surface area contributed by atoms with Gasteiger partial charge in [0.15, 0.2) is 6.10 Å². The molecule has 6 nitrogen and oxygen atoms in total. The van der Waals surface area contributed by atoms with E-state index in [0.717, 1.165) is 5.56 Å². The first-order chi connectivity index (χ1) is 9.97. The summed E-state index contributed by atoms with van der Waals surface area (Å²) < 4.78 is 5.10. The Morgan fingerprint density at radius 1 is 1.24 bits per heavy atom. The molecule has 0 unspecified atom stereocenters. The van der Waals surface area contributed by atoms with Gasteiger partial charge >= 0.3 is 5.97 Å². The Hall–Kier alpha value is -2.50. The van der Waals surface area contributed by atoms with E-state index in [1.54, 1.807) is 12.1 Å². The normalized spacial score (nSPS) is 15.7. The first-order valence-corrected chi connectivity index (χ1v) is 6.64. The lowest BCUT2D eigenvalue weighted by atomic mass is 10.1. The molecule has 0 aromatic heterocycles. The number of rotatable bonds is 4. The molecule has 0 aliphatic carbocycles. The highest BCUT2D eigenvalue weighted by Gasteiger charge is 2.24. The number of ether oxygens (including phenoxy) is 1. The molecule has 1 aliphatic rings. The van der Waals surface area contributed by atoms with E-state index >= 15 is 0 Å². The highest BCUT2D eigenvalue weighted by molar-refractivity contribution is 6.37. The van der Waals surface area contributed by atoms with Crippen LogP contribution >= 0.6 is 0 Å². The lowest BCUT2D eigenvalue weighted by molar-refractivity contribution is -0.138. The molecule has 0 fully saturated rings. The number of amides is 1. The van der Waals surface area contributed by atoms with Gasteiger partial charge in [-0.25, -0.2) is 10.2 Å². The fourth-order valence-corrected chi connectivity index (χ4v) is 1.86. The average Bonchev–Trinajstić information content (AvgIpc) is 2.47. The number of ketones is 1. The molecule has 1 atom stereocenters. The summed E-state index contributed by atoms with van der Waals surface area (Å²) in [4.78, 5) is 34.9. The number of Topliss-reactive ketones (excluding diaryl/α,β-unsaturated/α-hetero) is 1. The molecule has 110 valence electrons. The zero-order valence-electron chi connectivity index (χ0n) is 11.9. The number of hydrogen-bond acceptors (Lipinski definition) is 5. The molecule has 0 radical (unpaired) electrons. The molecule has 1 aromatic carbocycles. The maximum atomic E-state index is 12.1. The molecule has 1 amide bonds. The Morgan fingerprint density at radius 3 is 2.48 bits per heavy atom. The molecular formula is C15H16N2O4. The van der Waals surface area contributed by atoms with E-state index in [9.17, 15) is 14.4 Å². The monoisotopic (exact) mass is 288 g/mol. The SMILES string of the molecule is Cc1ccc(C(=O)[C@H](C)OC(=O)C2=NNC(=O)CC2)cc1. The number of carbonyl (C=O) groups is 3. The minimum Gasteiger partial charge on any atom is -0.450 e. The van der Waals surface area contributed by atoms with Crippen molar-refractivity contribution >= 4 is 23.4 Å². The highest BCUT2D eigenvalue weighted by Crippen LogP contribution is 2.10. The van der Waals surface area contributed by atoms with E-state index in [-0.39, 0.29) is 30.2 Å². The van der Waals surface area contributed by atoms with Crippen molar-refractivity contribution in [3.8, 4) is 0 Å². The minimum atomic E-state index is -0.902. The summed E-state index contributed by atoms with van der Waals surface area (Å²) in [7, 11) is 0. The second-order valence-corrected chi connectivity index (χ2v) is 4.87. The van der Waals surface area contributed by atoms with Crippen LogP contribution in [0.3, 0.4) is 0 Å². The van der Waals surface area contributed by atoms with Gasteiger partial charge in [-0.3, -0.25) is 9.59 Å². The van der Waals surface area contributed by atoms with Crippen LogP contribution in [0, 0.1) is 6.92 Å². The summed E-state index contributed by atoms with van der Waals surface area (Å²) in [6.45, 7) is 3.44. The molecule has 1 N–H and O–H groups in total. The van der Waals surface area contributed by atoms with Gasteiger partial charge in [0.25, 0.3) is 0 Å². The summed E-state index contributed by atoms with van der Waals surface area (Å²) in [5.74, 6) is -1.19. The van der Waals surface area contributed by atoms with Crippen molar-refractivity contribution < 1.29 is 19.1 Å². The van der Waals surface area contributed by atoms with Crippen LogP contribution < -0.4 is 5.43 Å². The molecule has 0 spiro atoms. The second-order valence-electron chi connectivity index (χ2n) is 4.87. The van der Waals surface area contributed by atoms with Crippen LogP contribution in [0.1, 0.15) is 35.7 Å². The van der Waals surface area contributed by atoms with Crippen molar-refractivity contribution in [2.45, 2.75) is 32.8 Å². The third-order valence-corrected chi connectivity index (χ3v) is 3.13. The van der Waals surface area contributed by atoms with Crippen LogP contribution in [-0.4, -0.2) is 29.5 Å². The van der Waals surface area contributed by atoms with E-state index in [1.807, 2.05) is 19.1 Å². The van der Waals surface area contributed by atoms with Gasteiger partial charge in [0.05, 0.1) is 0 Å². The lowest BCUT2D eigenvalue weighted by Crippen LogP contribution is -2.34. The van der Waals surface area contributed by atoms with Crippen LogP contribution in [0.2, 0.25) is 0 Å². The van der Waals surface area contributed by atoms with Crippen LogP contribution in [-0.2, 0) is 14.3 Å². The predicted molar refractivity (Wildman–Crippen MR) is 75.9 cm³/mol. The fourth-order valence-electron chi connectivity index (χ4n) is 1.86. The standard InChI is InChI=1S/C15H16N2O4/c1-9-3-5-11(6-4-9)14(19)10(2)21-15(20)12-7-8-13(18)17-16-12/h3-6,10H,7-8H2,1-2H3,(H,17,18)/t10-/m0/s1. The predicted octanol–water partition coefficient (Wildman–Crippen LogP) is 1.38. The molecule has 6 heteroatoms. The van der Waals surface area contributed by atoms with E-state index in [2.05, 4.69) is 10.5 Å². The van der Waals surface area contributed by atoms with Gasteiger partial charge in [0.2, 0.25) is 11.7 Å². The number of benzene rings is 1. The van der Waals surface area contributed by atoms with Crippen molar-refractivity contribution in [1.82, 2.24) is 5.43 Å². The first kappa shape index (κ1) is 14.9. The number of esters is 1. The zero-order valence-corrected chi connectivity index (χ0v) is 11.9. The quantitative estimate of drug-likeness (QED) is 0.670. The summed E-state index contributed by atoms with van der Waals surface area (Å²) >= 11 is 0. The van der Waals surface area contributed by atoms with Gasteiger partial charge < -0.3 is 4.74 Å². The molecule has 1 aliphatic heterocycles. The van der Waals surface area contributed by atoms with Gasteiger partial charge in [-0.2, -0.15) is 5.10 Å². The van der Waals surface area contributed by atoms with Crippen LogP contribution in [0.5, 0.6) is 0 Å². The number of carbonyl (C=O) groups excluding carboxylic acids is 3. The van der Waals surface area contributed by atoms with E-state index in [4.69, 9.17) is 4.74 Å². The summed E-state index contributed by atoms with van der Waals surface area (Å²) in [5, 5.41) is 3.64. The molecule has 2 rings (SSSR count). The Kier molecular flexibility index (Phi) is 4.47. The third-order valence-electron chi connectivity index (χ3n) is 3.13. The smallest absolute Gasteiger partial charge is 0.355 e. The van der Waals surface area contributed by atoms with Gasteiger partial charge in [-0.15, -0.1) is 0 Å². The van der Waals surface area contributed by atoms with E-state index in [1.165, 1.54) is 6.92 Å². The highest BCUT2D eigenvalue weighted by atomic mass is 16.5. The van der Waals surface area contributed by atoms with Crippen LogP contribution in [0.15, 0.2) is 29.4 Å². The third kappa shape index (κ3) is 3.75. The van der Waals surface area contributed by atoms with Crippen molar-refractivity contribution in [1.29, 1.82) is 0 Å². The molecular weight excluding hydrogens is 272 g/mol. The largest absolute Gasteiger partial charge is 0.450 e. The van der Waals surface area contributed by atoms with Crippen molar-refractivity contribution in [2.75, 3.05) is 0 Å². The first-order valence-electron chi connectivity index (χ1n) is 6.64. The topological polar surface area (TPSA) is 84.8 Å². The van der Waals surface area contributed by atoms with Crippen LogP contribution in [0.25, 0.3) is 0 Å². The summed E-state index contributed by atoms with van der Waals surface area (Å²) in [5.41, 5.74) is 3.87. The molecule has 0 saturated heterocycles. The summed E-state index contributed by atoms with van der Waals surface area (Å²) in [6.07, 6.45) is -0.495. The molecule has 0 bridgehead atoms. The maximum absolute atomic E-state index is 12.1. The van der Waals surface area contributed by atoms with Crippen LogP contribution in [0.4, 0.5) is 0 Å². The van der Waals surface area contributed by atoms with Gasteiger partial charge in [0.1, 0.15) is 5.71 Å². The minimum absolute atomic E-state index is 0.123. The molecule has 1 heterocycles. The van der Waals surface area contributed by atoms with Crippen molar-refractivity contribution in [3.05, 3.63) is 35.4 Å². The summed E-state index contributed by atoms with van der Waals surface area (Å²) in [6, 6.07) is 7.03.